The van der Waals surface area contributed by atoms with Gasteiger partial charge in [0.05, 0.1) is 35.3 Å². The number of fused-ring (bicyclic) bond motifs is 3. The lowest BCUT2D eigenvalue weighted by molar-refractivity contribution is 0.185. The summed E-state index contributed by atoms with van der Waals surface area (Å²) in [6, 6.07) is 12.8. The molecular formula is C22H21N3O2. The molecule has 1 atom stereocenters. The van der Waals surface area contributed by atoms with E-state index in [9.17, 15) is 4.79 Å². The van der Waals surface area contributed by atoms with Crippen molar-refractivity contribution < 1.29 is 4.74 Å². The number of H-pyrrole nitrogens is 1. The SMILES string of the molecule is Cc1cccc(C)c1-c1ccc2c(c1)[nH]c(=O)c1cnn([C@H]3CCOC3)c12. The summed E-state index contributed by atoms with van der Waals surface area (Å²) in [5.41, 5.74) is 6.44. The van der Waals surface area contributed by atoms with Crippen LogP contribution in [0.5, 0.6) is 0 Å². The van der Waals surface area contributed by atoms with E-state index >= 15 is 0 Å². The Morgan fingerprint density at radius 3 is 2.70 bits per heavy atom. The predicted octanol–water partition coefficient (Wildman–Crippen LogP) is 4.12. The summed E-state index contributed by atoms with van der Waals surface area (Å²) in [6.07, 6.45) is 2.59. The summed E-state index contributed by atoms with van der Waals surface area (Å²) in [6.45, 7) is 5.62. The standard InChI is InChI=1S/C22H21N3O2/c1-13-4-3-5-14(2)20(13)15-6-7-17-19(10-15)24-22(26)18-11-23-25(21(17)18)16-8-9-27-12-16/h3-7,10-11,16H,8-9,12H2,1-2H3,(H,24,26)/t16-/m0/s1. The molecule has 1 saturated heterocycles. The fraction of sp³-hybridized carbons (Fsp3) is 0.273. The van der Waals surface area contributed by atoms with E-state index in [-0.39, 0.29) is 11.6 Å². The lowest BCUT2D eigenvalue weighted by atomic mass is 9.95. The maximum absolute atomic E-state index is 12.7. The smallest absolute Gasteiger partial charge is 0.259 e. The minimum Gasteiger partial charge on any atom is -0.379 e. The molecule has 5 heteroatoms. The topological polar surface area (TPSA) is 59.9 Å². The fourth-order valence-corrected chi connectivity index (χ4v) is 4.26. The van der Waals surface area contributed by atoms with Gasteiger partial charge in [0.2, 0.25) is 0 Å². The molecule has 0 amide bonds. The average molecular weight is 359 g/mol. The number of nitrogens with one attached hydrogen (secondary N) is 1. The summed E-state index contributed by atoms with van der Waals surface area (Å²) in [4.78, 5) is 15.7. The monoisotopic (exact) mass is 359 g/mol. The third kappa shape index (κ3) is 2.50. The summed E-state index contributed by atoms with van der Waals surface area (Å²) >= 11 is 0. The van der Waals surface area contributed by atoms with Gasteiger partial charge in [0.15, 0.2) is 0 Å². The van der Waals surface area contributed by atoms with Crippen molar-refractivity contribution in [2.24, 2.45) is 0 Å². The third-order valence-electron chi connectivity index (χ3n) is 5.58. The Morgan fingerprint density at radius 1 is 1.15 bits per heavy atom. The van der Waals surface area contributed by atoms with Crippen molar-refractivity contribution in [3.05, 3.63) is 64.1 Å². The van der Waals surface area contributed by atoms with Gasteiger partial charge < -0.3 is 9.72 Å². The van der Waals surface area contributed by atoms with Crippen LogP contribution in [0, 0.1) is 13.8 Å². The molecule has 1 fully saturated rings. The first kappa shape index (κ1) is 16.3. The van der Waals surface area contributed by atoms with Crippen molar-refractivity contribution in [3.8, 4) is 11.1 Å². The van der Waals surface area contributed by atoms with Gasteiger partial charge in [-0.05, 0) is 48.6 Å². The lowest BCUT2D eigenvalue weighted by Crippen LogP contribution is -2.12. The maximum atomic E-state index is 12.7. The van der Waals surface area contributed by atoms with Gasteiger partial charge >= 0.3 is 0 Å². The van der Waals surface area contributed by atoms with Gasteiger partial charge in [0, 0.05) is 12.0 Å². The number of rotatable bonds is 2. The molecule has 2 aromatic carbocycles. The highest BCUT2D eigenvalue weighted by molar-refractivity contribution is 6.04. The molecule has 136 valence electrons. The van der Waals surface area contributed by atoms with Crippen molar-refractivity contribution >= 4 is 21.8 Å². The van der Waals surface area contributed by atoms with Crippen LogP contribution in [0.4, 0.5) is 0 Å². The number of pyridine rings is 1. The zero-order valence-electron chi connectivity index (χ0n) is 15.5. The van der Waals surface area contributed by atoms with Crippen LogP contribution in [0.2, 0.25) is 0 Å². The van der Waals surface area contributed by atoms with E-state index < -0.39 is 0 Å². The molecule has 2 aromatic heterocycles. The summed E-state index contributed by atoms with van der Waals surface area (Å²) in [5.74, 6) is 0. The number of hydrogen-bond acceptors (Lipinski definition) is 3. The second-order valence-electron chi connectivity index (χ2n) is 7.35. The van der Waals surface area contributed by atoms with Gasteiger partial charge in [-0.3, -0.25) is 9.48 Å². The molecule has 0 spiro atoms. The van der Waals surface area contributed by atoms with E-state index in [2.05, 4.69) is 60.3 Å². The number of ether oxygens (including phenoxy) is 1. The van der Waals surface area contributed by atoms with E-state index in [1.807, 2.05) is 4.68 Å². The first-order valence-electron chi connectivity index (χ1n) is 9.31. The maximum Gasteiger partial charge on any atom is 0.259 e. The zero-order valence-corrected chi connectivity index (χ0v) is 15.5. The Balaban J connectivity index is 1.78. The van der Waals surface area contributed by atoms with Crippen LogP contribution in [-0.4, -0.2) is 28.0 Å². The highest BCUT2D eigenvalue weighted by Gasteiger charge is 2.22. The van der Waals surface area contributed by atoms with E-state index in [1.165, 1.54) is 16.7 Å². The van der Waals surface area contributed by atoms with Crippen LogP contribution >= 0.6 is 0 Å². The van der Waals surface area contributed by atoms with E-state index in [0.717, 1.165) is 35.0 Å². The van der Waals surface area contributed by atoms with Crippen LogP contribution < -0.4 is 5.56 Å². The Hall–Kier alpha value is -2.92. The van der Waals surface area contributed by atoms with Gasteiger partial charge in [-0.1, -0.05) is 30.3 Å². The quantitative estimate of drug-likeness (QED) is 0.586. The minimum absolute atomic E-state index is 0.0960. The molecular weight excluding hydrogens is 338 g/mol. The largest absolute Gasteiger partial charge is 0.379 e. The second kappa shape index (κ2) is 6.06. The molecule has 0 bridgehead atoms. The molecule has 0 saturated carbocycles. The number of aromatic nitrogens is 3. The van der Waals surface area contributed by atoms with Crippen LogP contribution in [0.25, 0.3) is 32.9 Å². The first-order valence-corrected chi connectivity index (χ1v) is 9.31. The highest BCUT2D eigenvalue weighted by Crippen LogP contribution is 2.32. The molecule has 27 heavy (non-hydrogen) atoms. The predicted molar refractivity (Wildman–Crippen MR) is 107 cm³/mol. The molecule has 1 aliphatic heterocycles. The van der Waals surface area contributed by atoms with E-state index in [1.54, 1.807) is 6.20 Å². The molecule has 1 aliphatic rings. The van der Waals surface area contributed by atoms with Gasteiger partial charge in [-0.25, -0.2) is 0 Å². The van der Waals surface area contributed by atoms with E-state index in [0.29, 0.717) is 12.0 Å². The lowest BCUT2D eigenvalue weighted by Gasteiger charge is -2.13. The van der Waals surface area contributed by atoms with Gasteiger partial charge in [0.1, 0.15) is 0 Å². The summed E-state index contributed by atoms with van der Waals surface area (Å²) < 4.78 is 7.50. The Morgan fingerprint density at radius 2 is 1.96 bits per heavy atom. The van der Waals surface area contributed by atoms with Gasteiger partial charge in [0.25, 0.3) is 5.56 Å². The Bertz CT molecular complexity index is 1210. The second-order valence-corrected chi connectivity index (χ2v) is 7.35. The molecule has 4 aromatic rings. The molecule has 0 unspecified atom stereocenters. The molecule has 5 nitrogen and oxygen atoms in total. The van der Waals surface area contributed by atoms with Gasteiger partial charge in [-0.15, -0.1) is 0 Å². The normalized spacial score (nSPS) is 17.2. The number of hydrogen-bond donors (Lipinski definition) is 1. The number of aryl methyl sites for hydroxylation is 2. The van der Waals surface area contributed by atoms with Crippen LogP contribution in [-0.2, 0) is 4.74 Å². The molecule has 1 N–H and O–H groups in total. The molecule has 0 radical (unpaired) electrons. The average Bonchev–Trinajstić information content (AvgIpc) is 3.31. The van der Waals surface area contributed by atoms with Crippen molar-refractivity contribution in [2.45, 2.75) is 26.3 Å². The third-order valence-corrected chi connectivity index (χ3v) is 5.58. The zero-order chi connectivity index (χ0) is 18.5. The van der Waals surface area contributed by atoms with Crippen LogP contribution in [0.3, 0.4) is 0 Å². The van der Waals surface area contributed by atoms with Crippen LogP contribution in [0.1, 0.15) is 23.6 Å². The molecule has 0 aliphatic carbocycles. The van der Waals surface area contributed by atoms with Crippen molar-refractivity contribution in [2.75, 3.05) is 13.2 Å². The first-order chi connectivity index (χ1) is 13.1. The van der Waals surface area contributed by atoms with Crippen molar-refractivity contribution in [1.29, 1.82) is 0 Å². The number of benzene rings is 2. The Labute approximate surface area is 156 Å². The van der Waals surface area contributed by atoms with Gasteiger partial charge in [-0.2, -0.15) is 5.10 Å². The van der Waals surface area contributed by atoms with Crippen molar-refractivity contribution in [1.82, 2.24) is 14.8 Å². The number of aromatic amines is 1. The summed E-state index contributed by atoms with van der Waals surface area (Å²) in [7, 11) is 0. The minimum atomic E-state index is -0.0960. The van der Waals surface area contributed by atoms with Crippen molar-refractivity contribution in [3.63, 3.8) is 0 Å². The summed E-state index contributed by atoms with van der Waals surface area (Å²) in [5, 5.41) is 6.16. The molecule has 5 rings (SSSR count). The fourth-order valence-electron chi connectivity index (χ4n) is 4.26. The van der Waals surface area contributed by atoms with Crippen LogP contribution in [0.15, 0.2) is 47.4 Å². The number of nitrogens with zero attached hydrogens (tertiary/aromatic N) is 2. The van der Waals surface area contributed by atoms with E-state index in [4.69, 9.17) is 4.74 Å². The molecule has 3 heterocycles. The highest BCUT2D eigenvalue weighted by atomic mass is 16.5. The Kier molecular flexibility index (Phi) is 3.65.